The first-order valence-corrected chi connectivity index (χ1v) is 18.1. The SMILES string of the molecule is CS(=O)(=O)c1ncc2c(n1)CN(CCOCCOCCOCCOCCOCCOCCOCCOCCNC(=C=O)COCC(=O)O)C2=C=O. The van der Waals surface area contributed by atoms with E-state index in [4.69, 9.17) is 47.7 Å². The van der Waals surface area contributed by atoms with Crippen LogP contribution in [-0.4, -0.2) is 185 Å². The molecule has 2 heterocycles. The first-order chi connectivity index (χ1) is 24.8. The standard InChI is InChI=1S/C31H48N4O15S/c1-51(40,41)31-33-20-27-28(34-31)21-35(29(27)23-37)3-5-43-7-9-45-11-13-47-15-17-49-19-18-48-16-14-46-12-10-44-8-6-42-4-2-32-26(22-36)24-50-25-30(38)39/h20,32H,2-19,21,24-25H2,1H3,(H,38,39). The molecule has 0 unspecified atom stereocenters. The number of carbonyl (C=O) groups excluding carboxylic acids is 2. The lowest BCUT2D eigenvalue weighted by atomic mass is 10.2. The van der Waals surface area contributed by atoms with Crippen molar-refractivity contribution in [2.75, 3.05) is 138 Å². The lowest BCUT2D eigenvalue weighted by Crippen LogP contribution is -2.24. The van der Waals surface area contributed by atoms with Gasteiger partial charge in [-0.3, -0.25) is 0 Å². The Morgan fingerprint density at radius 2 is 1.24 bits per heavy atom. The third-order valence-corrected chi connectivity index (χ3v) is 7.34. The van der Waals surface area contributed by atoms with Crippen LogP contribution < -0.4 is 5.32 Å². The van der Waals surface area contributed by atoms with Crippen LogP contribution >= 0.6 is 0 Å². The van der Waals surface area contributed by atoms with Crippen molar-refractivity contribution in [3.05, 3.63) is 23.2 Å². The maximum absolute atomic E-state index is 11.7. The molecule has 0 saturated carbocycles. The third-order valence-electron chi connectivity index (χ3n) is 6.48. The normalized spacial score (nSPS) is 12.5. The third kappa shape index (κ3) is 20.3. The van der Waals surface area contributed by atoms with E-state index in [2.05, 4.69) is 15.3 Å². The number of hydrogen-bond acceptors (Lipinski definition) is 18. The Morgan fingerprint density at radius 3 is 1.67 bits per heavy atom. The van der Waals surface area contributed by atoms with Crippen molar-refractivity contribution in [1.29, 1.82) is 0 Å². The summed E-state index contributed by atoms with van der Waals surface area (Å²) < 4.78 is 71.8. The smallest absolute Gasteiger partial charge is 0.329 e. The Morgan fingerprint density at radius 1 is 0.765 bits per heavy atom. The molecular weight excluding hydrogens is 700 g/mol. The van der Waals surface area contributed by atoms with Crippen LogP contribution in [0.3, 0.4) is 0 Å². The highest BCUT2D eigenvalue weighted by Crippen LogP contribution is 2.29. The molecule has 1 aromatic rings. The van der Waals surface area contributed by atoms with Crippen LogP contribution in [0.2, 0.25) is 0 Å². The van der Waals surface area contributed by atoms with Crippen molar-refractivity contribution in [2.45, 2.75) is 11.7 Å². The topological polar surface area (TPSA) is 230 Å². The van der Waals surface area contributed by atoms with Crippen molar-refractivity contribution < 1.29 is 70.5 Å². The molecule has 0 amide bonds. The highest BCUT2D eigenvalue weighted by atomic mass is 32.2. The average molecular weight is 749 g/mol. The molecular formula is C31H48N4O15S. The van der Waals surface area contributed by atoms with E-state index >= 15 is 0 Å². The molecule has 19 nitrogen and oxygen atoms in total. The summed E-state index contributed by atoms with van der Waals surface area (Å²) in [5, 5.41) is 11.0. The van der Waals surface area contributed by atoms with Crippen molar-refractivity contribution in [3.63, 3.8) is 0 Å². The van der Waals surface area contributed by atoms with E-state index in [0.717, 1.165) is 6.26 Å². The van der Waals surface area contributed by atoms with Gasteiger partial charge in [0.25, 0.3) is 0 Å². The summed E-state index contributed by atoms with van der Waals surface area (Å²) in [7, 11) is -3.55. The van der Waals surface area contributed by atoms with Crippen LogP contribution in [0, 0.1) is 0 Å². The van der Waals surface area contributed by atoms with Crippen LogP contribution in [-0.2, 0) is 73.4 Å². The first-order valence-electron chi connectivity index (χ1n) is 16.2. The van der Waals surface area contributed by atoms with Crippen molar-refractivity contribution >= 4 is 33.4 Å². The molecule has 0 bridgehead atoms. The number of sulfone groups is 1. The number of hydrogen-bond donors (Lipinski definition) is 2. The van der Waals surface area contributed by atoms with Crippen LogP contribution in [0.5, 0.6) is 0 Å². The van der Waals surface area contributed by atoms with Gasteiger partial charge >= 0.3 is 5.97 Å². The zero-order valence-electron chi connectivity index (χ0n) is 28.8. The van der Waals surface area contributed by atoms with Gasteiger partial charge in [0.1, 0.15) is 23.9 Å². The van der Waals surface area contributed by atoms with Crippen LogP contribution in [0.4, 0.5) is 0 Å². The molecule has 0 aromatic carbocycles. The number of carboxylic acid groups (broad SMARTS) is 1. The summed E-state index contributed by atoms with van der Waals surface area (Å²) in [6, 6.07) is 0. The lowest BCUT2D eigenvalue weighted by molar-refractivity contribution is -0.141. The van der Waals surface area contributed by atoms with Crippen LogP contribution in [0.25, 0.3) is 5.70 Å². The molecule has 0 aliphatic carbocycles. The number of ether oxygens (including phenoxy) is 9. The number of fused-ring (bicyclic) bond motifs is 1. The summed E-state index contributed by atoms with van der Waals surface area (Å²) >= 11 is 0. The summed E-state index contributed by atoms with van der Waals surface area (Å²) in [6.07, 6.45) is 2.37. The summed E-state index contributed by atoms with van der Waals surface area (Å²) in [4.78, 5) is 42.2. The molecule has 2 N–H and O–H groups in total. The van der Waals surface area contributed by atoms with Crippen molar-refractivity contribution in [3.8, 4) is 0 Å². The number of carbonyl (C=O) groups is 1. The fourth-order valence-corrected chi connectivity index (χ4v) is 4.60. The van der Waals surface area contributed by atoms with E-state index < -0.39 is 22.4 Å². The second-order valence-corrected chi connectivity index (χ2v) is 12.4. The summed E-state index contributed by atoms with van der Waals surface area (Å²) in [6.45, 7) is 6.77. The monoisotopic (exact) mass is 748 g/mol. The molecule has 0 fully saturated rings. The molecule has 0 radical (unpaired) electrons. The number of aliphatic carboxylic acids is 1. The van der Waals surface area contributed by atoms with E-state index in [1.165, 1.54) is 6.20 Å². The van der Waals surface area contributed by atoms with Gasteiger partial charge in [-0.2, -0.15) is 0 Å². The minimum absolute atomic E-state index is 0.123. The molecule has 0 atom stereocenters. The largest absolute Gasteiger partial charge is 0.480 e. The fourth-order valence-electron chi connectivity index (χ4n) is 4.08. The second-order valence-electron chi connectivity index (χ2n) is 10.5. The van der Waals surface area contributed by atoms with Gasteiger partial charge in [-0.05, 0) is 0 Å². The van der Waals surface area contributed by atoms with Crippen molar-refractivity contribution in [2.24, 2.45) is 0 Å². The molecule has 1 aliphatic rings. The zero-order valence-corrected chi connectivity index (χ0v) is 29.7. The fraction of sp³-hybridized carbons (Fsp3) is 0.710. The lowest BCUT2D eigenvalue weighted by Gasteiger charge is -2.17. The van der Waals surface area contributed by atoms with Gasteiger partial charge in [-0.25, -0.2) is 32.8 Å². The number of nitrogens with one attached hydrogen (secondary N) is 1. The maximum atomic E-state index is 11.7. The predicted octanol–water partition coefficient (Wildman–Crippen LogP) is -1.59. The Balaban J connectivity index is 1.27. The van der Waals surface area contributed by atoms with Gasteiger partial charge in [0.05, 0.1) is 130 Å². The van der Waals surface area contributed by atoms with Crippen molar-refractivity contribution in [1.82, 2.24) is 20.2 Å². The van der Waals surface area contributed by atoms with Crippen LogP contribution in [0.15, 0.2) is 17.1 Å². The average Bonchev–Trinajstić information content (AvgIpc) is 3.46. The van der Waals surface area contributed by atoms with E-state index in [1.54, 1.807) is 10.8 Å². The number of rotatable bonds is 33. The van der Waals surface area contributed by atoms with Gasteiger partial charge in [0.2, 0.25) is 15.0 Å². The van der Waals surface area contributed by atoms with E-state index in [1.807, 2.05) is 5.94 Å². The summed E-state index contributed by atoms with van der Waals surface area (Å²) in [5.74, 6) is 2.42. The van der Waals surface area contributed by atoms with Gasteiger partial charge in [-0.15, -0.1) is 0 Å². The number of nitrogens with zero attached hydrogens (tertiary/aromatic N) is 3. The first kappa shape index (κ1) is 43.8. The molecule has 2 rings (SSSR count). The molecule has 0 saturated heterocycles. The maximum Gasteiger partial charge on any atom is 0.329 e. The van der Waals surface area contributed by atoms with Gasteiger partial charge in [0.15, 0.2) is 5.94 Å². The number of aromatic nitrogens is 2. The van der Waals surface area contributed by atoms with Crippen LogP contribution in [0.1, 0.15) is 11.3 Å². The van der Waals surface area contributed by atoms with Gasteiger partial charge in [-0.1, -0.05) is 0 Å². The quantitative estimate of drug-likeness (QED) is 0.0469. The molecule has 288 valence electrons. The Hall–Kier alpha value is -3.36. The second kappa shape index (κ2) is 27.3. The molecule has 1 aromatic heterocycles. The Labute approximate surface area is 297 Å². The minimum atomic E-state index is -3.55. The zero-order chi connectivity index (χ0) is 37.0. The molecule has 0 spiro atoms. The highest BCUT2D eigenvalue weighted by molar-refractivity contribution is 7.90. The molecule has 1 aliphatic heterocycles. The van der Waals surface area contributed by atoms with Gasteiger partial charge in [0, 0.05) is 25.5 Å². The predicted molar refractivity (Wildman–Crippen MR) is 177 cm³/mol. The Bertz CT molecular complexity index is 1350. The van der Waals surface area contributed by atoms with E-state index in [-0.39, 0.29) is 29.7 Å². The Kier molecular flexibility index (Phi) is 23.5. The number of carboxylic acids is 1. The minimum Gasteiger partial charge on any atom is -0.480 e. The highest BCUT2D eigenvalue weighted by Gasteiger charge is 2.28. The van der Waals surface area contributed by atoms with E-state index in [0.29, 0.717) is 130 Å². The summed E-state index contributed by atoms with van der Waals surface area (Å²) in [5.41, 5.74) is 1.34. The molecule has 51 heavy (non-hydrogen) atoms. The molecule has 20 heteroatoms. The van der Waals surface area contributed by atoms with E-state index in [9.17, 15) is 22.8 Å². The van der Waals surface area contributed by atoms with Gasteiger partial charge < -0.3 is 58.0 Å².